The summed E-state index contributed by atoms with van der Waals surface area (Å²) in [4.78, 5) is 0. The molecule has 0 aromatic carbocycles. The van der Waals surface area contributed by atoms with Crippen LogP contribution in [0.1, 0.15) is 26.7 Å². The molecule has 0 bridgehead atoms. The zero-order valence-electron chi connectivity index (χ0n) is 7.63. The molecule has 0 aliphatic rings. The number of hydrogen-bond donors (Lipinski definition) is 0. The number of oxime groups is 1. The fraction of sp³-hybridized carbons (Fsp3) is 0.833. The standard InChI is InChI=1S/C6H10F3NO3S/c1-3-4-5(2)10-13-14(11,12)6(7,8)9/h3-4H2,1-2H3. The van der Waals surface area contributed by atoms with Gasteiger partial charge in [0.05, 0.1) is 5.71 Å². The van der Waals surface area contributed by atoms with Crippen molar-refractivity contribution < 1.29 is 25.9 Å². The lowest BCUT2D eigenvalue weighted by atomic mass is 10.2. The van der Waals surface area contributed by atoms with E-state index < -0.39 is 15.6 Å². The second kappa shape index (κ2) is 4.63. The minimum absolute atomic E-state index is 0.195. The van der Waals surface area contributed by atoms with Gasteiger partial charge in [-0.1, -0.05) is 18.5 Å². The van der Waals surface area contributed by atoms with Gasteiger partial charge in [-0.3, -0.25) is 4.28 Å². The SMILES string of the molecule is CCCC(C)=NOS(=O)(=O)C(F)(F)F. The lowest BCUT2D eigenvalue weighted by molar-refractivity contribution is -0.0541. The van der Waals surface area contributed by atoms with Gasteiger partial charge >= 0.3 is 15.6 Å². The number of hydrogen-bond acceptors (Lipinski definition) is 4. The third-order valence-electron chi connectivity index (χ3n) is 1.19. The summed E-state index contributed by atoms with van der Waals surface area (Å²) in [6.07, 6.45) is 1.03. The van der Waals surface area contributed by atoms with Gasteiger partial charge in [0.2, 0.25) is 0 Å². The molecule has 0 spiro atoms. The van der Waals surface area contributed by atoms with Crippen LogP contribution in [0.4, 0.5) is 13.2 Å². The quantitative estimate of drug-likeness (QED) is 0.424. The maximum absolute atomic E-state index is 11.7. The van der Waals surface area contributed by atoms with Crippen LogP contribution in [0.3, 0.4) is 0 Å². The fourth-order valence-electron chi connectivity index (χ4n) is 0.562. The van der Waals surface area contributed by atoms with E-state index >= 15 is 0 Å². The second-order valence-electron chi connectivity index (χ2n) is 2.55. The number of nitrogens with zero attached hydrogens (tertiary/aromatic N) is 1. The van der Waals surface area contributed by atoms with E-state index in [2.05, 4.69) is 9.44 Å². The predicted octanol–water partition coefficient (Wildman–Crippen LogP) is 2.03. The molecule has 0 fully saturated rings. The molecule has 0 aromatic heterocycles. The van der Waals surface area contributed by atoms with Crippen molar-refractivity contribution in [3.63, 3.8) is 0 Å². The van der Waals surface area contributed by atoms with Crippen LogP contribution in [-0.2, 0) is 14.4 Å². The van der Waals surface area contributed by atoms with Crippen molar-refractivity contribution in [3.05, 3.63) is 0 Å². The van der Waals surface area contributed by atoms with Crippen LogP contribution < -0.4 is 0 Å². The zero-order chi connectivity index (χ0) is 11.4. The largest absolute Gasteiger partial charge is 0.536 e. The first-order valence-corrected chi connectivity index (χ1v) is 5.15. The van der Waals surface area contributed by atoms with E-state index in [1.165, 1.54) is 6.92 Å². The third kappa shape index (κ3) is 3.95. The average molecular weight is 233 g/mol. The molecule has 0 rings (SSSR count). The summed E-state index contributed by atoms with van der Waals surface area (Å²) >= 11 is 0. The molecular weight excluding hydrogens is 223 g/mol. The van der Waals surface area contributed by atoms with E-state index in [1.807, 2.05) is 0 Å². The average Bonchev–Trinajstić information content (AvgIpc) is 1.99. The van der Waals surface area contributed by atoms with Crippen LogP contribution in [0.5, 0.6) is 0 Å². The van der Waals surface area contributed by atoms with Crippen molar-refractivity contribution in [1.29, 1.82) is 0 Å². The van der Waals surface area contributed by atoms with Crippen molar-refractivity contribution in [3.8, 4) is 0 Å². The summed E-state index contributed by atoms with van der Waals surface area (Å²) < 4.78 is 59.1. The fourth-order valence-corrected chi connectivity index (χ4v) is 0.872. The van der Waals surface area contributed by atoms with Crippen molar-refractivity contribution in [2.75, 3.05) is 0 Å². The molecule has 14 heavy (non-hydrogen) atoms. The minimum Gasteiger partial charge on any atom is -0.262 e. The molecule has 0 aromatic rings. The Morgan fingerprint density at radius 3 is 2.29 bits per heavy atom. The van der Waals surface area contributed by atoms with Crippen LogP contribution in [0.25, 0.3) is 0 Å². The lowest BCUT2D eigenvalue weighted by Gasteiger charge is -2.04. The molecule has 0 radical (unpaired) electrons. The van der Waals surface area contributed by atoms with Gasteiger partial charge < -0.3 is 0 Å². The summed E-state index contributed by atoms with van der Waals surface area (Å²) in [5, 5.41) is 2.86. The Labute approximate surface area is 79.9 Å². The summed E-state index contributed by atoms with van der Waals surface area (Å²) in [6, 6.07) is 0. The van der Waals surface area contributed by atoms with Crippen LogP contribution in [0.15, 0.2) is 5.16 Å². The van der Waals surface area contributed by atoms with E-state index in [0.717, 1.165) is 0 Å². The molecule has 8 heteroatoms. The van der Waals surface area contributed by atoms with Gasteiger partial charge in [-0.05, 0) is 13.3 Å². The lowest BCUT2D eigenvalue weighted by Crippen LogP contribution is -2.24. The van der Waals surface area contributed by atoms with E-state index in [0.29, 0.717) is 12.8 Å². The van der Waals surface area contributed by atoms with Crippen molar-refractivity contribution in [2.24, 2.45) is 5.16 Å². The van der Waals surface area contributed by atoms with Crippen molar-refractivity contribution >= 4 is 15.8 Å². The molecular formula is C6H10F3NO3S. The molecule has 4 nitrogen and oxygen atoms in total. The highest BCUT2D eigenvalue weighted by Crippen LogP contribution is 2.24. The van der Waals surface area contributed by atoms with Gasteiger partial charge in [0, 0.05) is 0 Å². The Morgan fingerprint density at radius 1 is 1.43 bits per heavy atom. The number of rotatable bonds is 4. The molecule has 0 amide bonds. The van der Waals surface area contributed by atoms with Gasteiger partial charge in [0.25, 0.3) is 0 Å². The zero-order valence-corrected chi connectivity index (χ0v) is 8.44. The molecule has 0 heterocycles. The summed E-state index contributed by atoms with van der Waals surface area (Å²) in [7, 11) is -5.60. The minimum atomic E-state index is -5.60. The van der Waals surface area contributed by atoms with E-state index in [-0.39, 0.29) is 5.71 Å². The molecule has 0 atom stereocenters. The Balaban J connectivity index is 4.49. The summed E-state index contributed by atoms with van der Waals surface area (Å²) in [5.41, 5.74) is -5.23. The maximum Gasteiger partial charge on any atom is 0.536 e. The van der Waals surface area contributed by atoms with Gasteiger partial charge in [0.1, 0.15) is 0 Å². The molecule has 0 unspecified atom stereocenters. The highest BCUT2D eigenvalue weighted by Gasteiger charge is 2.48. The van der Waals surface area contributed by atoms with E-state index in [1.54, 1.807) is 6.92 Å². The Bertz CT molecular complexity index is 307. The molecule has 0 saturated heterocycles. The normalized spacial score (nSPS) is 14.2. The number of alkyl halides is 3. The Kier molecular flexibility index (Phi) is 4.37. The van der Waals surface area contributed by atoms with Crippen molar-refractivity contribution in [1.82, 2.24) is 0 Å². The monoisotopic (exact) mass is 233 g/mol. The highest BCUT2D eigenvalue weighted by atomic mass is 32.2. The van der Waals surface area contributed by atoms with Gasteiger partial charge in [-0.25, -0.2) is 0 Å². The smallest absolute Gasteiger partial charge is 0.262 e. The van der Waals surface area contributed by atoms with Gasteiger partial charge in [-0.2, -0.15) is 21.6 Å². The predicted molar refractivity (Wildman–Crippen MR) is 44.1 cm³/mol. The Hall–Kier alpha value is -0.790. The molecule has 0 saturated carbocycles. The van der Waals surface area contributed by atoms with Crippen LogP contribution in [0.2, 0.25) is 0 Å². The van der Waals surface area contributed by atoms with Gasteiger partial charge in [-0.15, -0.1) is 0 Å². The topological polar surface area (TPSA) is 55.7 Å². The van der Waals surface area contributed by atoms with Crippen molar-refractivity contribution in [2.45, 2.75) is 32.2 Å². The van der Waals surface area contributed by atoms with E-state index in [9.17, 15) is 21.6 Å². The molecule has 0 aliphatic carbocycles. The van der Waals surface area contributed by atoms with Gasteiger partial charge in [0.15, 0.2) is 0 Å². The molecule has 0 aliphatic heterocycles. The van der Waals surface area contributed by atoms with E-state index in [4.69, 9.17) is 0 Å². The second-order valence-corrected chi connectivity index (χ2v) is 4.07. The van der Waals surface area contributed by atoms with Crippen LogP contribution >= 0.6 is 0 Å². The first-order valence-electron chi connectivity index (χ1n) is 3.74. The third-order valence-corrected chi connectivity index (χ3v) is 2.02. The maximum atomic E-state index is 11.7. The molecule has 84 valence electrons. The first-order chi connectivity index (χ1) is 6.20. The summed E-state index contributed by atoms with van der Waals surface area (Å²) in [5.74, 6) is 0. The van der Waals surface area contributed by atoms with Crippen LogP contribution in [-0.4, -0.2) is 19.6 Å². The Morgan fingerprint density at radius 2 is 1.93 bits per heavy atom. The summed E-state index contributed by atoms with van der Waals surface area (Å²) in [6.45, 7) is 3.16. The number of halogens is 3. The van der Waals surface area contributed by atoms with Crippen LogP contribution in [0, 0.1) is 0 Å². The molecule has 0 N–H and O–H groups in total. The first kappa shape index (κ1) is 13.2. The highest BCUT2D eigenvalue weighted by molar-refractivity contribution is 7.87.